The molecule has 0 unspecified atom stereocenters. The van der Waals surface area contributed by atoms with E-state index in [4.69, 9.17) is 5.11 Å². The van der Waals surface area contributed by atoms with Gasteiger partial charge in [0.15, 0.2) is 0 Å². The van der Waals surface area contributed by atoms with E-state index in [0.29, 0.717) is 19.5 Å². The number of para-hydroxylation sites is 1. The number of carboxylic acids is 1. The first kappa shape index (κ1) is 15.0. The van der Waals surface area contributed by atoms with Crippen LogP contribution >= 0.6 is 0 Å². The molecule has 1 aromatic rings. The number of amides is 1. The molecule has 0 saturated carbocycles. The Morgan fingerprint density at radius 1 is 1.32 bits per heavy atom. The minimum absolute atomic E-state index is 0.0727. The lowest BCUT2D eigenvalue weighted by Crippen LogP contribution is -2.47. The van der Waals surface area contributed by atoms with Crippen molar-refractivity contribution < 1.29 is 14.7 Å². The number of aliphatic carboxylic acids is 1. The zero-order valence-corrected chi connectivity index (χ0v) is 12.9. The molecule has 2 heterocycles. The molecule has 1 aromatic carbocycles. The van der Waals surface area contributed by atoms with E-state index in [-0.39, 0.29) is 17.9 Å². The number of carbonyl (C=O) groups is 2. The van der Waals surface area contributed by atoms with Crippen LogP contribution in [-0.2, 0) is 16.0 Å². The summed E-state index contributed by atoms with van der Waals surface area (Å²) in [5.74, 6) is -1.02. The summed E-state index contributed by atoms with van der Waals surface area (Å²) < 4.78 is 0. The molecule has 0 aromatic heterocycles. The Bertz CT molecular complexity index is 587. The number of piperidine rings is 1. The maximum Gasteiger partial charge on any atom is 0.307 e. The van der Waals surface area contributed by atoms with E-state index in [0.717, 1.165) is 25.1 Å². The van der Waals surface area contributed by atoms with Gasteiger partial charge in [-0.15, -0.1) is 0 Å². The lowest BCUT2D eigenvalue weighted by molar-refractivity contribution is -0.144. The van der Waals surface area contributed by atoms with Crippen LogP contribution in [0.1, 0.15) is 25.3 Å². The van der Waals surface area contributed by atoms with Crippen molar-refractivity contribution in [1.82, 2.24) is 4.90 Å². The molecular formula is C17H22N2O3. The molecule has 2 aliphatic rings. The van der Waals surface area contributed by atoms with E-state index in [9.17, 15) is 9.59 Å². The van der Waals surface area contributed by atoms with Gasteiger partial charge in [-0.05, 0) is 44.4 Å². The fourth-order valence-corrected chi connectivity index (χ4v) is 3.61. The second-order valence-corrected chi connectivity index (χ2v) is 6.36. The number of hydrogen-bond acceptors (Lipinski definition) is 3. The first-order valence-electron chi connectivity index (χ1n) is 7.91. The monoisotopic (exact) mass is 302 g/mol. The second kappa shape index (κ2) is 6.08. The number of fused-ring (bicyclic) bond motifs is 1. The number of likely N-dealkylation sites (tertiary alicyclic amines) is 1. The number of carbonyl (C=O) groups excluding carboxylic acids is 1. The van der Waals surface area contributed by atoms with Crippen molar-refractivity contribution in [2.45, 2.75) is 32.2 Å². The highest BCUT2D eigenvalue weighted by molar-refractivity contribution is 5.97. The lowest BCUT2D eigenvalue weighted by Gasteiger charge is -2.32. The van der Waals surface area contributed by atoms with Gasteiger partial charge in [-0.3, -0.25) is 14.5 Å². The van der Waals surface area contributed by atoms with Gasteiger partial charge < -0.3 is 10.0 Å². The Morgan fingerprint density at radius 2 is 2.09 bits per heavy atom. The predicted molar refractivity (Wildman–Crippen MR) is 83.9 cm³/mol. The fraction of sp³-hybridized carbons (Fsp3) is 0.529. The molecule has 22 heavy (non-hydrogen) atoms. The van der Waals surface area contributed by atoms with E-state index in [1.54, 1.807) is 0 Å². The Balaban J connectivity index is 1.68. The third kappa shape index (κ3) is 2.86. The molecule has 1 saturated heterocycles. The summed E-state index contributed by atoms with van der Waals surface area (Å²) in [7, 11) is 0. The van der Waals surface area contributed by atoms with Crippen LogP contribution in [0.2, 0.25) is 0 Å². The maximum absolute atomic E-state index is 12.7. The van der Waals surface area contributed by atoms with Crippen LogP contribution in [0.5, 0.6) is 0 Å². The SMILES string of the molecule is C[C@@H]1Cc2ccccc2N1C(=O)CN1CCC[C@@H](C(=O)O)C1. The van der Waals surface area contributed by atoms with Crippen molar-refractivity contribution in [3.05, 3.63) is 29.8 Å². The molecule has 2 aliphatic heterocycles. The highest BCUT2D eigenvalue weighted by Gasteiger charge is 2.33. The molecule has 1 N–H and O–H groups in total. The van der Waals surface area contributed by atoms with Crippen LogP contribution < -0.4 is 4.90 Å². The summed E-state index contributed by atoms with van der Waals surface area (Å²) in [5, 5.41) is 9.15. The molecule has 5 nitrogen and oxygen atoms in total. The van der Waals surface area contributed by atoms with E-state index < -0.39 is 5.97 Å². The Labute approximate surface area is 130 Å². The summed E-state index contributed by atoms with van der Waals surface area (Å²) in [6, 6.07) is 8.19. The molecule has 2 atom stereocenters. The lowest BCUT2D eigenvalue weighted by atomic mass is 9.98. The van der Waals surface area contributed by atoms with Gasteiger partial charge in [0.25, 0.3) is 0 Å². The Kier molecular flexibility index (Phi) is 4.16. The molecule has 5 heteroatoms. The summed E-state index contributed by atoms with van der Waals surface area (Å²) in [6.07, 6.45) is 2.44. The molecule has 0 spiro atoms. The first-order chi connectivity index (χ1) is 10.6. The van der Waals surface area contributed by atoms with Gasteiger partial charge in [0, 0.05) is 18.3 Å². The molecular weight excluding hydrogens is 280 g/mol. The Morgan fingerprint density at radius 3 is 2.86 bits per heavy atom. The average Bonchev–Trinajstić information content (AvgIpc) is 2.83. The normalized spacial score (nSPS) is 25.0. The van der Waals surface area contributed by atoms with Crippen molar-refractivity contribution >= 4 is 17.6 Å². The number of carboxylic acid groups (broad SMARTS) is 1. The van der Waals surface area contributed by atoms with Crippen LogP contribution in [0.4, 0.5) is 5.69 Å². The molecule has 3 rings (SSSR count). The number of anilines is 1. The molecule has 0 bridgehead atoms. The third-order valence-electron chi connectivity index (χ3n) is 4.69. The predicted octanol–water partition coefficient (Wildman–Crippen LogP) is 1.76. The fourth-order valence-electron chi connectivity index (χ4n) is 3.61. The van der Waals surface area contributed by atoms with Crippen LogP contribution in [-0.4, -0.2) is 47.6 Å². The van der Waals surface area contributed by atoms with E-state index in [2.05, 4.69) is 13.0 Å². The summed E-state index contributed by atoms with van der Waals surface area (Å²) in [6.45, 7) is 3.65. The van der Waals surface area contributed by atoms with Crippen LogP contribution in [0, 0.1) is 5.92 Å². The topological polar surface area (TPSA) is 60.9 Å². The quantitative estimate of drug-likeness (QED) is 0.924. The standard InChI is InChI=1S/C17H22N2O3/c1-12-9-13-5-2-3-7-15(13)19(12)16(20)11-18-8-4-6-14(10-18)17(21)22/h2-3,5,7,12,14H,4,6,8-11H2,1H3,(H,21,22)/t12-,14-/m1/s1. The van der Waals surface area contributed by atoms with E-state index in [1.165, 1.54) is 5.56 Å². The van der Waals surface area contributed by atoms with Crippen molar-refractivity contribution in [1.29, 1.82) is 0 Å². The third-order valence-corrected chi connectivity index (χ3v) is 4.69. The second-order valence-electron chi connectivity index (χ2n) is 6.36. The highest BCUT2D eigenvalue weighted by Crippen LogP contribution is 2.32. The summed E-state index contributed by atoms with van der Waals surface area (Å²) >= 11 is 0. The summed E-state index contributed by atoms with van der Waals surface area (Å²) in [4.78, 5) is 27.7. The molecule has 1 amide bonds. The summed E-state index contributed by atoms with van der Waals surface area (Å²) in [5.41, 5.74) is 2.22. The van der Waals surface area contributed by atoms with Gasteiger partial charge in [0.05, 0.1) is 12.5 Å². The Hall–Kier alpha value is -1.88. The molecule has 118 valence electrons. The van der Waals surface area contributed by atoms with Crippen molar-refractivity contribution in [3.63, 3.8) is 0 Å². The van der Waals surface area contributed by atoms with E-state index >= 15 is 0 Å². The maximum atomic E-state index is 12.7. The van der Waals surface area contributed by atoms with Crippen molar-refractivity contribution in [3.8, 4) is 0 Å². The smallest absolute Gasteiger partial charge is 0.307 e. The van der Waals surface area contributed by atoms with Gasteiger partial charge in [-0.1, -0.05) is 18.2 Å². The molecule has 0 radical (unpaired) electrons. The van der Waals surface area contributed by atoms with Gasteiger partial charge in [-0.2, -0.15) is 0 Å². The zero-order chi connectivity index (χ0) is 15.7. The number of benzene rings is 1. The van der Waals surface area contributed by atoms with Gasteiger partial charge >= 0.3 is 5.97 Å². The number of nitrogens with zero attached hydrogens (tertiary/aromatic N) is 2. The highest BCUT2D eigenvalue weighted by atomic mass is 16.4. The molecule has 0 aliphatic carbocycles. The molecule has 1 fully saturated rings. The number of rotatable bonds is 3. The van der Waals surface area contributed by atoms with Crippen LogP contribution in [0.15, 0.2) is 24.3 Å². The van der Waals surface area contributed by atoms with Crippen LogP contribution in [0.3, 0.4) is 0 Å². The average molecular weight is 302 g/mol. The van der Waals surface area contributed by atoms with Gasteiger partial charge in [0.2, 0.25) is 5.91 Å². The van der Waals surface area contributed by atoms with Gasteiger partial charge in [0.1, 0.15) is 0 Å². The van der Waals surface area contributed by atoms with Crippen molar-refractivity contribution in [2.24, 2.45) is 5.92 Å². The van der Waals surface area contributed by atoms with Gasteiger partial charge in [-0.25, -0.2) is 0 Å². The number of hydrogen-bond donors (Lipinski definition) is 1. The largest absolute Gasteiger partial charge is 0.481 e. The minimum Gasteiger partial charge on any atom is -0.481 e. The van der Waals surface area contributed by atoms with Crippen molar-refractivity contribution in [2.75, 3.05) is 24.5 Å². The first-order valence-corrected chi connectivity index (χ1v) is 7.91. The van der Waals surface area contributed by atoms with E-state index in [1.807, 2.05) is 28.0 Å². The minimum atomic E-state index is -0.753. The zero-order valence-electron chi connectivity index (χ0n) is 12.9. The van der Waals surface area contributed by atoms with Crippen LogP contribution in [0.25, 0.3) is 0 Å².